The predicted molar refractivity (Wildman–Crippen MR) is 96.6 cm³/mol. The van der Waals surface area contributed by atoms with Crippen LogP contribution in [0.1, 0.15) is 6.42 Å². The summed E-state index contributed by atoms with van der Waals surface area (Å²) in [6.45, 7) is 2.53. The number of quaternary nitrogens is 1. The van der Waals surface area contributed by atoms with Crippen LogP contribution in [0.4, 0.5) is 20.2 Å². The molecule has 140 valence electrons. The van der Waals surface area contributed by atoms with Crippen molar-refractivity contribution in [1.29, 1.82) is 0 Å². The molecule has 0 spiro atoms. The van der Waals surface area contributed by atoms with E-state index in [1.807, 2.05) is 4.90 Å². The van der Waals surface area contributed by atoms with E-state index in [-0.39, 0.29) is 24.1 Å². The molecule has 0 saturated carbocycles. The summed E-state index contributed by atoms with van der Waals surface area (Å²) >= 11 is 0. The molecule has 2 saturated heterocycles. The van der Waals surface area contributed by atoms with Crippen molar-refractivity contribution < 1.29 is 23.3 Å². The van der Waals surface area contributed by atoms with Gasteiger partial charge in [0.1, 0.15) is 11.6 Å². The Labute approximate surface area is 155 Å². The summed E-state index contributed by atoms with van der Waals surface area (Å²) in [5.41, 5.74) is 0.969. The van der Waals surface area contributed by atoms with E-state index in [0.29, 0.717) is 37.6 Å². The molecule has 2 aromatic rings. The van der Waals surface area contributed by atoms with Gasteiger partial charge in [-0.15, -0.1) is 0 Å². The molecule has 1 atom stereocenters. The minimum atomic E-state index is -0.440. The number of benzene rings is 2. The number of nitrogens with zero attached hydrogens (tertiary/aromatic N) is 2. The first-order chi connectivity index (χ1) is 13.0. The topological polar surface area (TPSA) is 45.1 Å². The van der Waals surface area contributed by atoms with Gasteiger partial charge in [-0.1, -0.05) is 12.1 Å². The lowest BCUT2D eigenvalue weighted by atomic mass is 10.1. The van der Waals surface area contributed by atoms with Crippen LogP contribution < -0.4 is 14.7 Å². The maximum Gasteiger partial charge on any atom is 0.292 e. The van der Waals surface area contributed by atoms with Gasteiger partial charge in [0.25, 0.3) is 5.91 Å². The summed E-state index contributed by atoms with van der Waals surface area (Å²) < 4.78 is 27.1. The van der Waals surface area contributed by atoms with Gasteiger partial charge >= 0.3 is 0 Å². The van der Waals surface area contributed by atoms with E-state index < -0.39 is 11.9 Å². The zero-order valence-corrected chi connectivity index (χ0v) is 14.7. The third-order valence-corrected chi connectivity index (χ3v) is 5.32. The Morgan fingerprint density at radius 3 is 2.26 bits per heavy atom. The normalized spacial score (nSPS) is 21.2. The predicted octanol–water partition coefficient (Wildman–Crippen LogP) is 1.00. The molecule has 0 bridgehead atoms. The number of anilines is 2. The molecule has 27 heavy (non-hydrogen) atoms. The van der Waals surface area contributed by atoms with Gasteiger partial charge in [0, 0.05) is 0 Å². The Kier molecular flexibility index (Phi) is 4.61. The molecule has 0 unspecified atom stereocenters. The minimum Gasteiger partial charge on any atom is -0.358 e. The van der Waals surface area contributed by atoms with Gasteiger partial charge in [-0.3, -0.25) is 9.59 Å². The maximum absolute atomic E-state index is 14.0. The average molecular weight is 372 g/mol. The second kappa shape index (κ2) is 7.08. The first kappa shape index (κ1) is 17.6. The molecule has 2 aliphatic rings. The van der Waals surface area contributed by atoms with Crippen LogP contribution in [0.5, 0.6) is 0 Å². The lowest BCUT2D eigenvalue weighted by molar-refractivity contribution is -0.915. The van der Waals surface area contributed by atoms with Crippen LogP contribution >= 0.6 is 0 Å². The molecule has 5 nitrogen and oxygen atoms in total. The highest BCUT2D eigenvalue weighted by atomic mass is 19.1. The van der Waals surface area contributed by atoms with Crippen LogP contribution in [0.25, 0.3) is 0 Å². The highest BCUT2D eigenvalue weighted by Gasteiger charge is 2.46. The van der Waals surface area contributed by atoms with Crippen LogP contribution in [0.3, 0.4) is 0 Å². The van der Waals surface area contributed by atoms with Gasteiger partial charge in [0.15, 0.2) is 6.04 Å². The van der Waals surface area contributed by atoms with Crippen LogP contribution in [-0.2, 0) is 9.59 Å². The molecule has 0 aliphatic carbocycles. The van der Waals surface area contributed by atoms with Crippen molar-refractivity contribution >= 4 is 23.2 Å². The number of amides is 2. The molecule has 2 aliphatic heterocycles. The molecule has 2 heterocycles. The standard InChI is InChI=1S/C20H19F2N3O2/c21-14-5-7-15(8-6-14)25-19(26)13-18(20(25)27)24-11-9-23(10-12-24)17-4-2-1-3-16(17)22/h1-8,18H,9-13H2/p+1/t18-/m0/s1. The molecule has 0 radical (unpaired) electrons. The van der Waals surface area contributed by atoms with Gasteiger partial charge in [0.2, 0.25) is 5.91 Å². The van der Waals surface area contributed by atoms with Crippen molar-refractivity contribution in [2.45, 2.75) is 12.5 Å². The van der Waals surface area contributed by atoms with E-state index in [2.05, 4.69) is 0 Å². The van der Waals surface area contributed by atoms with Gasteiger partial charge < -0.3 is 9.80 Å². The molecule has 4 rings (SSSR count). The monoisotopic (exact) mass is 372 g/mol. The van der Waals surface area contributed by atoms with E-state index in [1.165, 1.54) is 30.3 Å². The number of para-hydroxylation sites is 1. The summed E-state index contributed by atoms with van der Waals surface area (Å²) in [4.78, 5) is 29.4. The number of imide groups is 1. The highest BCUT2D eigenvalue weighted by Crippen LogP contribution is 2.23. The van der Waals surface area contributed by atoms with Crippen LogP contribution in [0, 0.1) is 11.6 Å². The molecule has 1 N–H and O–H groups in total. The first-order valence-electron chi connectivity index (χ1n) is 9.01. The number of carbonyl (C=O) groups excluding carboxylic acids is 2. The van der Waals surface area contributed by atoms with E-state index in [1.54, 1.807) is 18.2 Å². The number of piperazine rings is 1. The molecular formula is C20H20F2N3O2+. The fourth-order valence-corrected chi connectivity index (χ4v) is 3.90. The van der Waals surface area contributed by atoms with E-state index in [9.17, 15) is 18.4 Å². The maximum atomic E-state index is 14.0. The Morgan fingerprint density at radius 1 is 0.926 bits per heavy atom. The van der Waals surface area contributed by atoms with Crippen molar-refractivity contribution in [1.82, 2.24) is 0 Å². The van der Waals surface area contributed by atoms with Crippen LogP contribution in [0.15, 0.2) is 48.5 Å². The van der Waals surface area contributed by atoms with Crippen molar-refractivity contribution in [2.24, 2.45) is 0 Å². The number of carbonyl (C=O) groups is 2. The number of hydrogen-bond donors (Lipinski definition) is 1. The average Bonchev–Trinajstić information content (AvgIpc) is 2.97. The van der Waals surface area contributed by atoms with Gasteiger partial charge in [-0.2, -0.15) is 0 Å². The fraction of sp³-hybridized carbons (Fsp3) is 0.300. The summed E-state index contributed by atoms with van der Waals surface area (Å²) in [5.74, 6) is -1.18. The largest absolute Gasteiger partial charge is 0.358 e. The molecule has 2 aromatic carbocycles. The molecule has 7 heteroatoms. The molecular weight excluding hydrogens is 352 g/mol. The number of halogens is 2. The number of nitrogens with one attached hydrogen (secondary N) is 1. The minimum absolute atomic E-state index is 0.144. The Balaban J connectivity index is 1.44. The van der Waals surface area contributed by atoms with E-state index >= 15 is 0 Å². The lowest BCUT2D eigenvalue weighted by Crippen LogP contribution is -3.19. The third kappa shape index (κ3) is 3.30. The molecule has 2 amide bonds. The SMILES string of the molecule is O=C1C[C@H]([NH+]2CCN(c3ccccc3F)CC2)C(=O)N1c1ccc(F)cc1. The zero-order valence-electron chi connectivity index (χ0n) is 14.7. The first-order valence-corrected chi connectivity index (χ1v) is 9.01. The molecule has 0 aromatic heterocycles. The fourth-order valence-electron chi connectivity index (χ4n) is 3.90. The summed E-state index contributed by atoms with van der Waals surface area (Å²) in [7, 11) is 0. The van der Waals surface area contributed by atoms with Gasteiger partial charge in [-0.05, 0) is 36.4 Å². The highest BCUT2D eigenvalue weighted by molar-refractivity contribution is 6.21. The van der Waals surface area contributed by atoms with Crippen molar-refractivity contribution in [3.63, 3.8) is 0 Å². The Hall–Kier alpha value is -2.80. The third-order valence-electron chi connectivity index (χ3n) is 5.32. The van der Waals surface area contributed by atoms with Crippen molar-refractivity contribution in [2.75, 3.05) is 36.0 Å². The van der Waals surface area contributed by atoms with Crippen LogP contribution in [0.2, 0.25) is 0 Å². The van der Waals surface area contributed by atoms with Gasteiger partial charge in [-0.25, -0.2) is 13.7 Å². The zero-order chi connectivity index (χ0) is 19.0. The summed E-state index contributed by atoms with van der Waals surface area (Å²) in [6, 6.07) is 11.6. The Bertz CT molecular complexity index is 864. The number of hydrogen-bond acceptors (Lipinski definition) is 3. The second-order valence-corrected chi connectivity index (χ2v) is 6.90. The lowest BCUT2D eigenvalue weighted by Gasteiger charge is -2.35. The summed E-state index contributed by atoms with van der Waals surface area (Å²) in [6.07, 6.45) is 0.144. The van der Waals surface area contributed by atoms with E-state index in [0.717, 1.165) is 9.80 Å². The van der Waals surface area contributed by atoms with E-state index in [4.69, 9.17) is 0 Å². The Morgan fingerprint density at radius 2 is 1.59 bits per heavy atom. The smallest absolute Gasteiger partial charge is 0.292 e. The van der Waals surface area contributed by atoms with Crippen molar-refractivity contribution in [3.05, 3.63) is 60.2 Å². The summed E-state index contributed by atoms with van der Waals surface area (Å²) in [5, 5.41) is 0. The second-order valence-electron chi connectivity index (χ2n) is 6.90. The number of rotatable bonds is 3. The quantitative estimate of drug-likeness (QED) is 0.818. The molecule has 2 fully saturated rings. The van der Waals surface area contributed by atoms with Gasteiger partial charge in [0.05, 0.1) is 44.0 Å². The van der Waals surface area contributed by atoms with Crippen molar-refractivity contribution in [3.8, 4) is 0 Å². The van der Waals surface area contributed by atoms with Crippen LogP contribution in [-0.4, -0.2) is 44.0 Å².